The molecule has 0 aromatic heterocycles. The Labute approximate surface area is 166 Å². The Bertz CT molecular complexity index is 646. The fourth-order valence-corrected chi connectivity index (χ4v) is 3.02. The molecule has 0 aliphatic rings. The van der Waals surface area contributed by atoms with E-state index in [1.807, 2.05) is 30.3 Å². The van der Waals surface area contributed by atoms with Gasteiger partial charge in [-0.15, -0.1) is 0 Å². The molecule has 0 bridgehead atoms. The lowest BCUT2D eigenvalue weighted by Gasteiger charge is -2.24. The van der Waals surface area contributed by atoms with E-state index in [-0.39, 0.29) is 37.0 Å². The van der Waals surface area contributed by atoms with Gasteiger partial charge in [0.2, 0.25) is 5.91 Å². The third-order valence-corrected chi connectivity index (χ3v) is 4.87. The SMILES string of the molecule is CC(C)C(=O)[C@H](CN)NC(=O)[C@@H](CC(=O)C(CN)Cc1ccccc1)C(C)O. The van der Waals surface area contributed by atoms with E-state index in [1.54, 1.807) is 13.8 Å². The van der Waals surface area contributed by atoms with Crippen LogP contribution in [0, 0.1) is 17.8 Å². The van der Waals surface area contributed by atoms with Crippen molar-refractivity contribution in [3.05, 3.63) is 35.9 Å². The molecule has 7 nitrogen and oxygen atoms in total. The molecule has 0 fully saturated rings. The summed E-state index contributed by atoms with van der Waals surface area (Å²) < 4.78 is 0. The van der Waals surface area contributed by atoms with Crippen LogP contribution in [-0.4, -0.2) is 47.8 Å². The van der Waals surface area contributed by atoms with Gasteiger partial charge in [-0.25, -0.2) is 0 Å². The van der Waals surface area contributed by atoms with E-state index in [9.17, 15) is 19.5 Å². The molecule has 0 saturated carbocycles. The lowest BCUT2D eigenvalue weighted by atomic mass is 9.87. The second-order valence-electron chi connectivity index (χ2n) is 7.49. The first kappa shape index (κ1) is 23.9. The number of nitrogens with one attached hydrogen (secondary N) is 1. The zero-order chi connectivity index (χ0) is 21.3. The van der Waals surface area contributed by atoms with Crippen molar-refractivity contribution in [1.29, 1.82) is 0 Å². The van der Waals surface area contributed by atoms with Gasteiger partial charge in [0.15, 0.2) is 5.78 Å². The van der Waals surface area contributed by atoms with Gasteiger partial charge in [-0.2, -0.15) is 0 Å². The Balaban J connectivity index is 2.82. The number of aliphatic hydroxyl groups is 1. The number of amides is 1. The average Bonchev–Trinajstić information content (AvgIpc) is 2.67. The molecule has 0 aliphatic heterocycles. The van der Waals surface area contributed by atoms with E-state index in [0.717, 1.165) is 5.56 Å². The number of nitrogens with two attached hydrogens (primary N) is 2. The number of benzene rings is 1. The third-order valence-electron chi connectivity index (χ3n) is 4.87. The Hall–Kier alpha value is -2.09. The van der Waals surface area contributed by atoms with Gasteiger partial charge >= 0.3 is 0 Å². The molecule has 1 aromatic carbocycles. The molecular weight excluding hydrogens is 358 g/mol. The summed E-state index contributed by atoms with van der Waals surface area (Å²) >= 11 is 0. The Morgan fingerprint density at radius 1 is 1.04 bits per heavy atom. The molecular formula is C21H33N3O4. The molecule has 0 heterocycles. The maximum atomic E-state index is 12.7. The molecule has 0 radical (unpaired) electrons. The van der Waals surface area contributed by atoms with Crippen molar-refractivity contribution in [2.45, 2.75) is 45.8 Å². The van der Waals surface area contributed by atoms with E-state index in [0.29, 0.717) is 6.42 Å². The molecule has 1 aromatic rings. The largest absolute Gasteiger partial charge is 0.393 e. The van der Waals surface area contributed by atoms with Gasteiger partial charge in [0, 0.05) is 31.3 Å². The number of rotatable bonds is 12. The minimum Gasteiger partial charge on any atom is -0.393 e. The molecule has 4 atom stereocenters. The van der Waals surface area contributed by atoms with Gasteiger partial charge in [0.1, 0.15) is 5.78 Å². The minimum absolute atomic E-state index is 0.0390. The summed E-state index contributed by atoms with van der Waals surface area (Å²) in [6.07, 6.45) is -0.723. The van der Waals surface area contributed by atoms with Crippen molar-refractivity contribution in [3.63, 3.8) is 0 Å². The summed E-state index contributed by atoms with van der Waals surface area (Å²) in [5, 5.41) is 12.6. The molecule has 28 heavy (non-hydrogen) atoms. The summed E-state index contributed by atoms with van der Waals surface area (Å²) in [7, 11) is 0. The first-order valence-electron chi connectivity index (χ1n) is 9.70. The number of Topliss-reactive ketones (excluding diaryl/α,β-unsaturated/α-hetero) is 2. The van der Waals surface area contributed by atoms with Gasteiger partial charge in [-0.05, 0) is 18.9 Å². The van der Waals surface area contributed by atoms with Crippen LogP contribution in [0.15, 0.2) is 30.3 Å². The van der Waals surface area contributed by atoms with Crippen LogP contribution in [-0.2, 0) is 20.8 Å². The van der Waals surface area contributed by atoms with Crippen LogP contribution in [0.2, 0.25) is 0 Å². The maximum absolute atomic E-state index is 12.7. The topological polar surface area (TPSA) is 136 Å². The van der Waals surface area contributed by atoms with Gasteiger partial charge in [0.25, 0.3) is 0 Å². The molecule has 1 amide bonds. The molecule has 156 valence electrons. The summed E-state index contributed by atoms with van der Waals surface area (Å²) in [5.74, 6) is -2.62. The maximum Gasteiger partial charge on any atom is 0.226 e. The zero-order valence-electron chi connectivity index (χ0n) is 16.9. The zero-order valence-corrected chi connectivity index (χ0v) is 16.9. The normalized spacial score (nSPS) is 15.5. The predicted octanol–water partition coefficient (Wildman–Crippen LogP) is 0.429. The lowest BCUT2D eigenvalue weighted by molar-refractivity contribution is -0.136. The fraction of sp³-hybridized carbons (Fsp3) is 0.571. The van der Waals surface area contributed by atoms with Crippen LogP contribution in [0.25, 0.3) is 0 Å². The van der Waals surface area contributed by atoms with E-state index >= 15 is 0 Å². The third kappa shape index (κ3) is 7.14. The van der Waals surface area contributed by atoms with Crippen molar-refractivity contribution in [3.8, 4) is 0 Å². The van der Waals surface area contributed by atoms with Crippen molar-refractivity contribution in [2.24, 2.45) is 29.2 Å². The van der Waals surface area contributed by atoms with Crippen LogP contribution in [0.4, 0.5) is 0 Å². The van der Waals surface area contributed by atoms with Crippen LogP contribution in [0.5, 0.6) is 0 Å². The summed E-state index contributed by atoms with van der Waals surface area (Å²) in [6.45, 7) is 5.01. The number of hydrogen-bond acceptors (Lipinski definition) is 6. The van der Waals surface area contributed by atoms with E-state index in [2.05, 4.69) is 5.32 Å². The molecule has 6 N–H and O–H groups in total. The second kappa shape index (κ2) is 11.7. The Morgan fingerprint density at radius 3 is 2.11 bits per heavy atom. The first-order valence-corrected chi connectivity index (χ1v) is 9.70. The van der Waals surface area contributed by atoms with Crippen molar-refractivity contribution in [2.75, 3.05) is 13.1 Å². The highest BCUT2D eigenvalue weighted by atomic mass is 16.3. The molecule has 7 heteroatoms. The van der Waals surface area contributed by atoms with Crippen molar-refractivity contribution in [1.82, 2.24) is 5.32 Å². The summed E-state index contributed by atoms with van der Waals surface area (Å²) in [5.41, 5.74) is 12.4. The standard InChI is InChI=1S/C21H33N3O4/c1-13(2)20(27)18(12-23)24-21(28)17(14(3)25)10-19(26)16(11-22)9-15-7-5-4-6-8-15/h4-8,13-14,16-18,25H,9-12,22-23H2,1-3H3,(H,24,28)/t14?,16?,17-,18-/m0/s1. The highest BCUT2D eigenvalue weighted by Gasteiger charge is 2.32. The van der Waals surface area contributed by atoms with E-state index in [4.69, 9.17) is 11.5 Å². The summed E-state index contributed by atoms with van der Waals surface area (Å²) in [6, 6.07) is 8.66. The van der Waals surface area contributed by atoms with Crippen molar-refractivity contribution < 1.29 is 19.5 Å². The van der Waals surface area contributed by atoms with Gasteiger partial charge in [0.05, 0.1) is 18.1 Å². The molecule has 1 rings (SSSR count). The Kier molecular flexibility index (Phi) is 9.99. The number of aliphatic hydroxyl groups excluding tert-OH is 1. The van der Waals surface area contributed by atoms with E-state index < -0.39 is 29.9 Å². The van der Waals surface area contributed by atoms with E-state index in [1.165, 1.54) is 6.92 Å². The quantitative estimate of drug-likeness (QED) is 0.408. The predicted molar refractivity (Wildman–Crippen MR) is 108 cm³/mol. The lowest BCUT2D eigenvalue weighted by Crippen LogP contribution is -2.51. The highest BCUT2D eigenvalue weighted by Crippen LogP contribution is 2.17. The number of carbonyl (C=O) groups excluding carboxylic acids is 3. The van der Waals surface area contributed by atoms with Crippen molar-refractivity contribution >= 4 is 17.5 Å². The molecule has 0 spiro atoms. The van der Waals surface area contributed by atoms with Crippen LogP contribution in [0.1, 0.15) is 32.8 Å². The minimum atomic E-state index is -1.05. The van der Waals surface area contributed by atoms with Crippen LogP contribution < -0.4 is 16.8 Å². The number of hydrogen-bond donors (Lipinski definition) is 4. The smallest absolute Gasteiger partial charge is 0.226 e. The monoisotopic (exact) mass is 391 g/mol. The average molecular weight is 392 g/mol. The fourth-order valence-electron chi connectivity index (χ4n) is 3.02. The Morgan fingerprint density at radius 2 is 1.64 bits per heavy atom. The first-order chi connectivity index (χ1) is 13.2. The van der Waals surface area contributed by atoms with Gasteiger partial charge in [-0.1, -0.05) is 44.2 Å². The summed E-state index contributed by atoms with van der Waals surface area (Å²) in [4.78, 5) is 37.5. The van der Waals surface area contributed by atoms with Crippen LogP contribution >= 0.6 is 0 Å². The molecule has 0 aliphatic carbocycles. The van der Waals surface area contributed by atoms with Crippen LogP contribution in [0.3, 0.4) is 0 Å². The highest BCUT2D eigenvalue weighted by molar-refractivity contribution is 5.93. The van der Waals surface area contributed by atoms with Gasteiger partial charge < -0.3 is 21.9 Å². The number of ketones is 2. The molecule has 0 saturated heterocycles. The molecule has 2 unspecified atom stereocenters. The number of carbonyl (C=O) groups is 3. The van der Waals surface area contributed by atoms with Gasteiger partial charge in [-0.3, -0.25) is 14.4 Å². The second-order valence-corrected chi connectivity index (χ2v) is 7.49.